The van der Waals surface area contributed by atoms with Gasteiger partial charge in [-0.3, -0.25) is 19.2 Å². The molecule has 24 heavy (non-hydrogen) atoms. The lowest BCUT2D eigenvalue weighted by molar-refractivity contribution is -0.135. The summed E-state index contributed by atoms with van der Waals surface area (Å²) >= 11 is 0. The van der Waals surface area contributed by atoms with E-state index in [-0.39, 0.29) is 12.3 Å². The van der Waals surface area contributed by atoms with Gasteiger partial charge in [-0.05, 0) is 0 Å². The molecule has 0 radical (unpaired) electrons. The molecule has 1 rings (SSSR count). The zero-order valence-corrected chi connectivity index (χ0v) is 15.1. The highest BCUT2D eigenvalue weighted by atomic mass is 16.4. The fourth-order valence-corrected chi connectivity index (χ4v) is 1.06. The monoisotopic (exact) mass is 358 g/mol. The molecular formula is C14H34N2O8. The predicted molar refractivity (Wildman–Crippen MR) is 91.0 cm³/mol. The molecule has 0 heterocycles. The quantitative estimate of drug-likeness (QED) is 0.371. The first-order chi connectivity index (χ1) is 9.93. The molecule has 148 valence electrons. The summed E-state index contributed by atoms with van der Waals surface area (Å²) in [7, 11) is 0. The highest BCUT2D eigenvalue weighted by Crippen LogP contribution is 2.15. The minimum Gasteiger partial charge on any atom is -0.481 e. The Morgan fingerprint density at radius 3 is 0.542 bits per heavy atom. The van der Waals surface area contributed by atoms with E-state index in [0.717, 1.165) is 27.7 Å². The molecule has 0 atom stereocenters. The van der Waals surface area contributed by atoms with Crippen LogP contribution in [0.1, 0.15) is 66.2 Å². The molecule has 10 heteroatoms. The number of aliphatic carboxylic acids is 4. The van der Waals surface area contributed by atoms with Crippen LogP contribution in [0.3, 0.4) is 0 Å². The number of rotatable bonds is 0. The van der Waals surface area contributed by atoms with Crippen LogP contribution in [0.15, 0.2) is 0 Å². The molecule has 0 saturated heterocycles. The lowest BCUT2D eigenvalue weighted by atomic mass is 10.0. The van der Waals surface area contributed by atoms with E-state index in [1.807, 2.05) is 0 Å². The van der Waals surface area contributed by atoms with Gasteiger partial charge >= 0.3 is 0 Å². The summed E-state index contributed by atoms with van der Waals surface area (Å²) in [5.74, 6) is -3.33. The van der Waals surface area contributed by atoms with Crippen LogP contribution in [0.4, 0.5) is 0 Å². The molecular weight excluding hydrogens is 324 g/mol. The van der Waals surface area contributed by atoms with Gasteiger partial charge in [0.25, 0.3) is 23.9 Å². The highest BCUT2D eigenvalue weighted by molar-refractivity contribution is 5.63. The van der Waals surface area contributed by atoms with Gasteiger partial charge < -0.3 is 32.7 Å². The van der Waals surface area contributed by atoms with Crippen LogP contribution in [-0.2, 0) is 19.2 Å². The molecule has 0 amide bonds. The molecule has 1 saturated carbocycles. The maximum Gasteiger partial charge on any atom is 0.300 e. The predicted octanol–water partition coefficient (Wildman–Crippen LogP) is 3.03. The van der Waals surface area contributed by atoms with Crippen LogP contribution in [-0.4, -0.2) is 44.3 Å². The second-order valence-electron chi connectivity index (χ2n) is 4.20. The van der Waals surface area contributed by atoms with Gasteiger partial charge in [-0.25, -0.2) is 0 Å². The van der Waals surface area contributed by atoms with E-state index in [1.165, 1.54) is 38.5 Å². The number of carboxylic acids is 4. The summed E-state index contributed by atoms with van der Waals surface area (Å²) in [6.45, 7) is 4.33. The average molecular weight is 358 g/mol. The van der Waals surface area contributed by atoms with Crippen molar-refractivity contribution < 1.29 is 39.6 Å². The van der Waals surface area contributed by atoms with E-state index in [9.17, 15) is 0 Å². The Bertz CT molecular complexity index is 230. The summed E-state index contributed by atoms with van der Waals surface area (Å²) in [5.41, 5.74) is 0. The molecule has 0 aliphatic heterocycles. The minimum atomic E-state index is -0.833. The zero-order valence-electron chi connectivity index (χ0n) is 15.1. The lowest BCUT2D eigenvalue weighted by Gasteiger charge is -2.05. The van der Waals surface area contributed by atoms with Crippen molar-refractivity contribution in [3.05, 3.63) is 0 Å². The number of carbonyl (C=O) groups is 4. The van der Waals surface area contributed by atoms with E-state index >= 15 is 0 Å². The van der Waals surface area contributed by atoms with Crippen molar-refractivity contribution in [1.82, 2.24) is 12.3 Å². The molecule has 0 aromatic heterocycles. The maximum absolute atomic E-state index is 9.00. The average Bonchev–Trinajstić information content (AvgIpc) is 2.28. The number of hydrogen-bond donors (Lipinski definition) is 6. The number of hydrogen-bond acceptors (Lipinski definition) is 6. The van der Waals surface area contributed by atoms with Crippen molar-refractivity contribution in [3.63, 3.8) is 0 Å². The Labute approximate surface area is 143 Å². The van der Waals surface area contributed by atoms with Gasteiger partial charge in [-0.15, -0.1) is 0 Å². The van der Waals surface area contributed by atoms with Crippen LogP contribution in [0, 0.1) is 0 Å². The molecule has 0 spiro atoms. The Morgan fingerprint density at radius 2 is 0.500 bits per heavy atom. The molecule has 10 nitrogen and oxygen atoms in total. The molecule has 0 bridgehead atoms. The van der Waals surface area contributed by atoms with Gasteiger partial charge in [-0.2, -0.15) is 0 Å². The van der Waals surface area contributed by atoms with Gasteiger partial charge in [0.15, 0.2) is 0 Å². The van der Waals surface area contributed by atoms with Crippen LogP contribution >= 0.6 is 0 Å². The fourth-order valence-electron chi connectivity index (χ4n) is 1.06. The van der Waals surface area contributed by atoms with Gasteiger partial charge in [0, 0.05) is 27.7 Å². The van der Waals surface area contributed by atoms with Crippen LogP contribution in [0.2, 0.25) is 0 Å². The number of carboxylic acid groups (broad SMARTS) is 4. The van der Waals surface area contributed by atoms with Crippen molar-refractivity contribution >= 4 is 23.9 Å². The molecule has 0 aromatic rings. The normalized spacial score (nSPS) is 10.2. The van der Waals surface area contributed by atoms with E-state index < -0.39 is 23.9 Å². The van der Waals surface area contributed by atoms with Gasteiger partial charge in [-0.1, -0.05) is 38.5 Å². The van der Waals surface area contributed by atoms with Crippen molar-refractivity contribution in [3.8, 4) is 0 Å². The van der Waals surface area contributed by atoms with Gasteiger partial charge in [0.05, 0.1) is 0 Å². The van der Waals surface area contributed by atoms with Crippen molar-refractivity contribution in [2.24, 2.45) is 0 Å². The molecule has 10 N–H and O–H groups in total. The van der Waals surface area contributed by atoms with E-state index in [1.54, 1.807) is 0 Å². The van der Waals surface area contributed by atoms with Gasteiger partial charge in [0.1, 0.15) is 0 Å². The van der Waals surface area contributed by atoms with Crippen LogP contribution < -0.4 is 12.3 Å². The second kappa shape index (κ2) is 32.7. The molecule has 1 fully saturated rings. The first-order valence-corrected chi connectivity index (χ1v) is 6.71. The third-order valence-electron chi connectivity index (χ3n) is 1.50. The van der Waals surface area contributed by atoms with Crippen molar-refractivity contribution in [2.75, 3.05) is 0 Å². The summed E-state index contributed by atoms with van der Waals surface area (Å²) in [4.78, 5) is 36.0. The zero-order chi connectivity index (χ0) is 18.6. The minimum absolute atomic E-state index is 0. The molecule has 0 unspecified atom stereocenters. The first kappa shape index (κ1) is 37.8. The lowest BCUT2D eigenvalue weighted by Crippen LogP contribution is -1.85. The molecule has 1 aliphatic carbocycles. The fraction of sp³-hybridized carbons (Fsp3) is 0.714. The Balaban J connectivity index is -0.0000000420. The van der Waals surface area contributed by atoms with E-state index in [4.69, 9.17) is 39.6 Å². The summed E-state index contributed by atoms with van der Waals surface area (Å²) < 4.78 is 0. The molecule has 1 aliphatic rings. The van der Waals surface area contributed by atoms with E-state index in [2.05, 4.69) is 0 Å². The topological polar surface area (TPSA) is 219 Å². The SMILES string of the molecule is C1CCCCC1.CC(=O)O.CC(=O)O.CC(=O)O.CC(=O)O.N.N. The van der Waals surface area contributed by atoms with Crippen LogP contribution in [0.5, 0.6) is 0 Å². The smallest absolute Gasteiger partial charge is 0.300 e. The summed E-state index contributed by atoms with van der Waals surface area (Å²) in [5, 5.41) is 29.7. The van der Waals surface area contributed by atoms with Crippen LogP contribution in [0.25, 0.3) is 0 Å². The summed E-state index contributed by atoms with van der Waals surface area (Å²) in [6.07, 6.45) is 9.00. The van der Waals surface area contributed by atoms with Crippen molar-refractivity contribution in [1.29, 1.82) is 0 Å². The highest BCUT2D eigenvalue weighted by Gasteiger charge is 1.95. The first-order valence-electron chi connectivity index (χ1n) is 6.71. The Kier molecular flexibility index (Phi) is 51.4. The molecule has 0 aromatic carbocycles. The summed E-state index contributed by atoms with van der Waals surface area (Å²) in [6, 6.07) is 0. The van der Waals surface area contributed by atoms with E-state index in [0.29, 0.717) is 0 Å². The Hall–Kier alpha value is -2.20. The maximum atomic E-state index is 9.00. The van der Waals surface area contributed by atoms with Gasteiger partial charge in [0.2, 0.25) is 0 Å². The second-order valence-corrected chi connectivity index (χ2v) is 4.20. The largest absolute Gasteiger partial charge is 0.481 e. The standard InChI is InChI=1S/C6H12.4C2H4O2.2H3N/c1-2-4-6-5-3-1;4*1-2(3)4;;/h1-6H2;4*1H3,(H,3,4);2*1H3. The Morgan fingerprint density at radius 1 is 0.458 bits per heavy atom. The van der Waals surface area contributed by atoms with Crippen molar-refractivity contribution in [2.45, 2.75) is 66.2 Å². The third-order valence-corrected chi connectivity index (χ3v) is 1.50. The third kappa shape index (κ3) is 485.